The fourth-order valence-electron chi connectivity index (χ4n) is 1.93. The van der Waals surface area contributed by atoms with Crippen LogP contribution in [-0.4, -0.2) is 23.2 Å². The molecule has 2 aromatic rings. The number of aromatic nitrogens is 2. The van der Waals surface area contributed by atoms with Gasteiger partial charge in [-0.25, -0.2) is 0 Å². The third-order valence-electron chi connectivity index (χ3n) is 2.99. The van der Waals surface area contributed by atoms with Crippen LogP contribution < -0.4 is 10.1 Å². The van der Waals surface area contributed by atoms with E-state index in [1.807, 2.05) is 6.92 Å². The third-order valence-corrected chi connectivity index (χ3v) is 3.23. The molecule has 0 bridgehead atoms. The molecule has 0 radical (unpaired) electrons. The lowest BCUT2D eigenvalue weighted by Crippen LogP contribution is -2.28. The molecule has 106 valence electrons. The van der Waals surface area contributed by atoms with Crippen molar-refractivity contribution >= 4 is 17.5 Å². The van der Waals surface area contributed by atoms with Crippen LogP contribution in [0.3, 0.4) is 0 Å². The maximum atomic E-state index is 12.1. The van der Waals surface area contributed by atoms with Crippen molar-refractivity contribution in [1.29, 1.82) is 0 Å². The van der Waals surface area contributed by atoms with Gasteiger partial charge in [0.1, 0.15) is 5.75 Å². The van der Waals surface area contributed by atoms with E-state index in [2.05, 4.69) is 15.5 Å². The number of hydrogen-bond donors (Lipinski definition) is 2. The van der Waals surface area contributed by atoms with Crippen LogP contribution in [0.5, 0.6) is 5.75 Å². The van der Waals surface area contributed by atoms with Crippen molar-refractivity contribution in [2.24, 2.45) is 0 Å². The van der Waals surface area contributed by atoms with Gasteiger partial charge in [0.15, 0.2) is 0 Å². The van der Waals surface area contributed by atoms with Crippen molar-refractivity contribution in [3.05, 3.63) is 46.7 Å². The molecule has 1 aromatic carbocycles. The molecule has 2 rings (SSSR count). The number of nitrogens with zero attached hydrogens (tertiary/aromatic N) is 1. The quantitative estimate of drug-likeness (QED) is 0.890. The SMILES string of the molecule is COc1ccc(Cl)cc1CC(=O)NC(C)c1cn[nH]c1. The van der Waals surface area contributed by atoms with Gasteiger partial charge < -0.3 is 10.1 Å². The molecule has 0 aliphatic rings. The van der Waals surface area contributed by atoms with Crippen LogP contribution in [0.4, 0.5) is 0 Å². The molecule has 0 aliphatic carbocycles. The zero-order valence-corrected chi connectivity index (χ0v) is 12.1. The monoisotopic (exact) mass is 293 g/mol. The summed E-state index contributed by atoms with van der Waals surface area (Å²) < 4.78 is 5.22. The van der Waals surface area contributed by atoms with Crippen molar-refractivity contribution in [1.82, 2.24) is 15.5 Å². The van der Waals surface area contributed by atoms with Crippen molar-refractivity contribution in [2.75, 3.05) is 7.11 Å². The lowest BCUT2D eigenvalue weighted by Gasteiger charge is -2.13. The predicted molar refractivity (Wildman–Crippen MR) is 76.9 cm³/mol. The Balaban J connectivity index is 2.03. The Morgan fingerprint density at radius 3 is 3.00 bits per heavy atom. The average Bonchev–Trinajstić information content (AvgIpc) is 2.92. The molecule has 20 heavy (non-hydrogen) atoms. The largest absolute Gasteiger partial charge is 0.496 e. The summed E-state index contributed by atoms with van der Waals surface area (Å²) >= 11 is 5.94. The van der Waals surface area contributed by atoms with E-state index in [4.69, 9.17) is 16.3 Å². The van der Waals surface area contributed by atoms with E-state index in [1.54, 1.807) is 37.7 Å². The number of rotatable bonds is 5. The zero-order valence-electron chi connectivity index (χ0n) is 11.3. The van der Waals surface area contributed by atoms with Gasteiger partial charge in [-0.05, 0) is 25.1 Å². The second kappa shape index (κ2) is 6.43. The first-order valence-electron chi connectivity index (χ1n) is 6.20. The summed E-state index contributed by atoms with van der Waals surface area (Å²) in [5.74, 6) is 0.555. The molecular formula is C14H16ClN3O2. The molecule has 6 heteroatoms. The topological polar surface area (TPSA) is 67.0 Å². The van der Waals surface area contributed by atoms with Gasteiger partial charge >= 0.3 is 0 Å². The van der Waals surface area contributed by atoms with Crippen molar-refractivity contribution in [3.63, 3.8) is 0 Å². The molecule has 1 atom stereocenters. The smallest absolute Gasteiger partial charge is 0.225 e. The Morgan fingerprint density at radius 1 is 1.55 bits per heavy atom. The van der Waals surface area contributed by atoms with Gasteiger partial charge in [0.2, 0.25) is 5.91 Å². The summed E-state index contributed by atoms with van der Waals surface area (Å²) in [6, 6.07) is 5.12. The molecule has 1 unspecified atom stereocenters. The van der Waals surface area contributed by atoms with E-state index in [1.165, 1.54) is 0 Å². The molecule has 0 fully saturated rings. The number of H-pyrrole nitrogens is 1. The van der Waals surface area contributed by atoms with E-state index < -0.39 is 0 Å². The lowest BCUT2D eigenvalue weighted by molar-refractivity contribution is -0.121. The molecule has 2 N–H and O–H groups in total. The fourth-order valence-corrected chi connectivity index (χ4v) is 2.13. The molecule has 0 saturated carbocycles. The second-order valence-corrected chi connectivity index (χ2v) is 4.89. The van der Waals surface area contributed by atoms with Gasteiger partial charge in [-0.2, -0.15) is 5.10 Å². The number of methoxy groups -OCH3 is 1. The second-order valence-electron chi connectivity index (χ2n) is 4.45. The van der Waals surface area contributed by atoms with E-state index in [0.29, 0.717) is 10.8 Å². The number of benzene rings is 1. The first-order valence-corrected chi connectivity index (χ1v) is 6.58. The van der Waals surface area contributed by atoms with Crippen LogP contribution in [0.15, 0.2) is 30.6 Å². The minimum Gasteiger partial charge on any atom is -0.496 e. The van der Waals surface area contributed by atoms with E-state index in [0.717, 1.165) is 11.1 Å². The minimum atomic E-state index is -0.105. The van der Waals surface area contributed by atoms with Gasteiger partial charge in [0.25, 0.3) is 0 Å². The zero-order chi connectivity index (χ0) is 14.5. The summed E-state index contributed by atoms with van der Waals surface area (Å²) in [6.45, 7) is 1.90. The molecule has 1 amide bonds. The van der Waals surface area contributed by atoms with Crippen LogP contribution >= 0.6 is 11.6 Å². The first kappa shape index (κ1) is 14.4. The van der Waals surface area contributed by atoms with E-state index >= 15 is 0 Å². The van der Waals surface area contributed by atoms with Crippen LogP contribution in [0.25, 0.3) is 0 Å². The van der Waals surface area contributed by atoms with E-state index in [9.17, 15) is 4.79 Å². The highest BCUT2D eigenvalue weighted by molar-refractivity contribution is 6.30. The summed E-state index contributed by atoms with van der Waals surface area (Å²) in [5, 5.41) is 10.1. The van der Waals surface area contributed by atoms with Crippen LogP contribution in [0.2, 0.25) is 5.02 Å². The maximum absolute atomic E-state index is 12.1. The minimum absolute atomic E-state index is 0.0979. The summed E-state index contributed by atoms with van der Waals surface area (Å²) in [4.78, 5) is 12.1. The van der Waals surface area contributed by atoms with Crippen LogP contribution in [-0.2, 0) is 11.2 Å². The predicted octanol–water partition coefficient (Wildman–Crippen LogP) is 2.49. The van der Waals surface area contributed by atoms with Gasteiger partial charge in [-0.3, -0.25) is 9.89 Å². The number of carbonyl (C=O) groups is 1. The Labute approximate surface area is 122 Å². The number of carbonyl (C=O) groups excluding carboxylic acids is 1. The molecule has 1 aromatic heterocycles. The van der Waals surface area contributed by atoms with Gasteiger partial charge in [-0.1, -0.05) is 11.6 Å². The standard InChI is InChI=1S/C14H16ClN3O2/c1-9(11-7-16-17-8-11)18-14(19)6-10-5-12(15)3-4-13(10)20-2/h3-5,7-9H,6H2,1-2H3,(H,16,17)(H,18,19). The number of halogens is 1. The normalized spacial score (nSPS) is 11.9. The molecule has 0 spiro atoms. The Kier molecular flexibility index (Phi) is 4.63. The Morgan fingerprint density at radius 2 is 2.35 bits per heavy atom. The maximum Gasteiger partial charge on any atom is 0.225 e. The Bertz CT molecular complexity index is 584. The van der Waals surface area contributed by atoms with Gasteiger partial charge in [0, 0.05) is 22.3 Å². The molecular weight excluding hydrogens is 278 g/mol. The van der Waals surface area contributed by atoms with Crippen molar-refractivity contribution in [2.45, 2.75) is 19.4 Å². The Hall–Kier alpha value is -2.01. The van der Waals surface area contributed by atoms with Gasteiger partial charge in [-0.15, -0.1) is 0 Å². The highest BCUT2D eigenvalue weighted by atomic mass is 35.5. The summed E-state index contributed by atoms with van der Waals surface area (Å²) in [5.41, 5.74) is 1.69. The van der Waals surface area contributed by atoms with Crippen molar-refractivity contribution < 1.29 is 9.53 Å². The van der Waals surface area contributed by atoms with Crippen LogP contribution in [0, 0.1) is 0 Å². The number of amides is 1. The number of hydrogen-bond acceptors (Lipinski definition) is 3. The highest BCUT2D eigenvalue weighted by Gasteiger charge is 2.13. The lowest BCUT2D eigenvalue weighted by atomic mass is 10.1. The molecule has 5 nitrogen and oxygen atoms in total. The average molecular weight is 294 g/mol. The number of aromatic amines is 1. The summed E-state index contributed by atoms with van der Waals surface area (Å²) in [6.07, 6.45) is 3.65. The van der Waals surface area contributed by atoms with E-state index in [-0.39, 0.29) is 18.4 Å². The van der Waals surface area contributed by atoms with Gasteiger partial charge in [0.05, 0.1) is 25.8 Å². The number of nitrogens with one attached hydrogen (secondary N) is 2. The van der Waals surface area contributed by atoms with Crippen molar-refractivity contribution in [3.8, 4) is 5.75 Å². The molecule has 0 aliphatic heterocycles. The first-order chi connectivity index (χ1) is 9.60. The fraction of sp³-hybridized carbons (Fsp3) is 0.286. The summed E-state index contributed by atoms with van der Waals surface area (Å²) in [7, 11) is 1.57. The molecule has 1 heterocycles. The third kappa shape index (κ3) is 3.51. The van der Waals surface area contributed by atoms with Crippen LogP contribution in [0.1, 0.15) is 24.1 Å². The number of ether oxygens (including phenoxy) is 1. The molecule has 0 saturated heterocycles. The highest BCUT2D eigenvalue weighted by Crippen LogP contribution is 2.23.